The Balaban J connectivity index is 4.23. The number of amides is 3. The summed E-state index contributed by atoms with van der Waals surface area (Å²) in [6, 6.07) is -1.41. The van der Waals surface area contributed by atoms with Gasteiger partial charge in [0.05, 0.1) is 0 Å². The van der Waals surface area contributed by atoms with Crippen LogP contribution in [0.3, 0.4) is 0 Å². The van der Waals surface area contributed by atoms with Crippen LogP contribution in [0.4, 0.5) is 4.79 Å². The molecule has 0 fully saturated rings. The number of hydrogen-bond donors (Lipinski definition) is 4. The van der Waals surface area contributed by atoms with Crippen LogP contribution < -0.4 is 22.3 Å². The standard InChI is InChI=1S/C6H14N4O2/c1-3(2)4(5(11)10-8)9-6(7)12/h3-4H,8H2,1-2H3,(H,10,11)(H3,7,9,12). The third-order valence-corrected chi connectivity index (χ3v) is 1.39. The van der Waals surface area contributed by atoms with E-state index >= 15 is 0 Å². The van der Waals surface area contributed by atoms with Gasteiger partial charge in [-0.3, -0.25) is 10.2 Å². The molecule has 12 heavy (non-hydrogen) atoms. The SMILES string of the molecule is CC(C)C(NC(N)=O)C(=O)NN. The van der Waals surface area contributed by atoms with E-state index in [0.717, 1.165) is 0 Å². The van der Waals surface area contributed by atoms with E-state index in [-0.39, 0.29) is 5.92 Å². The Morgan fingerprint density at radius 2 is 1.83 bits per heavy atom. The molecule has 70 valence electrons. The molecule has 0 spiro atoms. The first-order valence-corrected chi connectivity index (χ1v) is 3.55. The molecule has 1 atom stereocenters. The Morgan fingerprint density at radius 3 is 2.08 bits per heavy atom. The largest absolute Gasteiger partial charge is 0.352 e. The summed E-state index contributed by atoms with van der Waals surface area (Å²) in [6.07, 6.45) is 0. The smallest absolute Gasteiger partial charge is 0.312 e. The molecule has 6 nitrogen and oxygen atoms in total. The van der Waals surface area contributed by atoms with Crippen molar-refractivity contribution in [3.8, 4) is 0 Å². The van der Waals surface area contributed by atoms with Gasteiger partial charge in [0, 0.05) is 0 Å². The van der Waals surface area contributed by atoms with Crippen LogP contribution in [0.2, 0.25) is 0 Å². The first kappa shape index (κ1) is 10.7. The lowest BCUT2D eigenvalue weighted by molar-refractivity contribution is -0.123. The predicted molar refractivity (Wildman–Crippen MR) is 43.7 cm³/mol. The topological polar surface area (TPSA) is 110 Å². The van der Waals surface area contributed by atoms with E-state index in [1.165, 1.54) is 0 Å². The van der Waals surface area contributed by atoms with E-state index in [0.29, 0.717) is 0 Å². The third-order valence-electron chi connectivity index (χ3n) is 1.39. The van der Waals surface area contributed by atoms with Crippen molar-refractivity contribution in [1.29, 1.82) is 0 Å². The first-order chi connectivity index (χ1) is 5.49. The summed E-state index contributed by atoms with van der Waals surface area (Å²) in [6.45, 7) is 3.55. The molecular formula is C6H14N4O2. The molecule has 0 heterocycles. The molecule has 0 saturated heterocycles. The minimum Gasteiger partial charge on any atom is -0.352 e. The average Bonchev–Trinajstić information content (AvgIpc) is 1.98. The van der Waals surface area contributed by atoms with Crippen LogP contribution in [-0.4, -0.2) is 18.0 Å². The fourth-order valence-corrected chi connectivity index (χ4v) is 0.778. The summed E-state index contributed by atoms with van der Waals surface area (Å²) in [5.41, 5.74) is 6.80. The molecule has 0 radical (unpaired) electrons. The van der Waals surface area contributed by atoms with Gasteiger partial charge < -0.3 is 11.1 Å². The highest BCUT2D eigenvalue weighted by atomic mass is 16.2. The molecule has 1 unspecified atom stereocenters. The predicted octanol–water partition coefficient (Wildman–Crippen LogP) is -1.33. The van der Waals surface area contributed by atoms with Crippen LogP contribution in [0.5, 0.6) is 0 Å². The maximum atomic E-state index is 11.0. The highest BCUT2D eigenvalue weighted by molar-refractivity contribution is 5.86. The lowest BCUT2D eigenvalue weighted by Gasteiger charge is -2.18. The van der Waals surface area contributed by atoms with Gasteiger partial charge >= 0.3 is 6.03 Å². The van der Waals surface area contributed by atoms with Crippen LogP contribution in [0.1, 0.15) is 13.8 Å². The molecule has 6 N–H and O–H groups in total. The number of nitrogens with two attached hydrogens (primary N) is 2. The van der Waals surface area contributed by atoms with E-state index in [1.807, 2.05) is 5.43 Å². The average molecular weight is 174 g/mol. The molecule has 3 amide bonds. The molecule has 0 aromatic heterocycles. The van der Waals surface area contributed by atoms with E-state index in [1.54, 1.807) is 13.8 Å². The lowest BCUT2D eigenvalue weighted by atomic mass is 10.0. The molecule has 0 rings (SSSR count). The van der Waals surface area contributed by atoms with Crippen molar-refractivity contribution in [2.75, 3.05) is 0 Å². The monoisotopic (exact) mass is 174 g/mol. The summed E-state index contributed by atoms with van der Waals surface area (Å²) in [5.74, 6) is 4.39. The minimum absolute atomic E-state index is 0.0546. The van der Waals surface area contributed by atoms with Crippen LogP contribution >= 0.6 is 0 Å². The molecule has 0 bridgehead atoms. The molecule has 0 aliphatic heterocycles. The number of carbonyl (C=O) groups is 2. The van der Waals surface area contributed by atoms with Crippen molar-refractivity contribution in [2.45, 2.75) is 19.9 Å². The van der Waals surface area contributed by atoms with Crippen LogP contribution in [0.15, 0.2) is 0 Å². The highest BCUT2D eigenvalue weighted by Crippen LogP contribution is 2.00. The molecule has 6 heteroatoms. The zero-order valence-electron chi connectivity index (χ0n) is 7.13. The Morgan fingerprint density at radius 1 is 1.33 bits per heavy atom. The summed E-state index contributed by atoms with van der Waals surface area (Å²) in [7, 11) is 0. The zero-order chi connectivity index (χ0) is 9.72. The van der Waals surface area contributed by atoms with E-state index in [2.05, 4.69) is 5.32 Å². The zero-order valence-corrected chi connectivity index (χ0v) is 7.13. The summed E-state index contributed by atoms with van der Waals surface area (Å²) in [5, 5.41) is 2.28. The number of hydrogen-bond acceptors (Lipinski definition) is 3. The fraction of sp³-hybridized carbons (Fsp3) is 0.667. The second-order valence-corrected chi connectivity index (χ2v) is 2.74. The Bertz CT molecular complexity index is 180. The summed E-state index contributed by atoms with van der Waals surface area (Å²) < 4.78 is 0. The van der Waals surface area contributed by atoms with Gasteiger partial charge in [0.2, 0.25) is 0 Å². The molecule has 0 aromatic rings. The minimum atomic E-state index is -0.739. The second-order valence-electron chi connectivity index (χ2n) is 2.74. The van der Waals surface area contributed by atoms with Gasteiger partial charge in [-0.2, -0.15) is 0 Å². The molecule has 0 saturated carbocycles. The van der Waals surface area contributed by atoms with Gasteiger partial charge in [0.1, 0.15) is 6.04 Å². The molecule has 0 aromatic carbocycles. The first-order valence-electron chi connectivity index (χ1n) is 3.55. The van der Waals surface area contributed by atoms with E-state index < -0.39 is 18.0 Å². The number of hydrazine groups is 1. The number of nitrogens with one attached hydrogen (secondary N) is 2. The Hall–Kier alpha value is -1.30. The van der Waals surface area contributed by atoms with Gasteiger partial charge in [0.25, 0.3) is 5.91 Å². The second kappa shape index (κ2) is 4.55. The number of rotatable bonds is 3. The van der Waals surface area contributed by atoms with Crippen molar-refractivity contribution in [1.82, 2.24) is 10.7 Å². The molecule has 0 aliphatic carbocycles. The van der Waals surface area contributed by atoms with Crippen LogP contribution in [-0.2, 0) is 4.79 Å². The van der Waals surface area contributed by atoms with Crippen molar-refractivity contribution < 1.29 is 9.59 Å². The van der Waals surface area contributed by atoms with Gasteiger partial charge in [-0.05, 0) is 5.92 Å². The van der Waals surface area contributed by atoms with Crippen molar-refractivity contribution >= 4 is 11.9 Å². The Labute approximate surface area is 70.6 Å². The van der Waals surface area contributed by atoms with Crippen LogP contribution in [0, 0.1) is 5.92 Å². The molecular weight excluding hydrogens is 160 g/mol. The normalized spacial score (nSPS) is 12.3. The quantitative estimate of drug-likeness (QED) is 0.241. The summed E-state index contributed by atoms with van der Waals surface area (Å²) >= 11 is 0. The van der Waals surface area contributed by atoms with Gasteiger partial charge in [-0.25, -0.2) is 10.6 Å². The maximum Gasteiger partial charge on any atom is 0.312 e. The molecule has 0 aliphatic rings. The summed E-state index contributed by atoms with van der Waals surface area (Å²) in [4.78, 5) is 21.4. The van der Waals surface area contributed by atoms with Crippen molar-refractivity contribution in [2.24, 2.45) is 17.5 Å². The lowest BCUT2D eigenvalue weighted by Crippen LogP contribution is -2.52. The van der Waals surface area contributed by atoms with E-state index in [4.69, 9.17) is 11.6 Å². The fourth-order valence-electron chi connectivity index (χ4n) is 0.778. The van der Waals surface area contributed by atoms with Crippen LogP contribution in [0.25, 0.3) is 0 Å². The van der Waals surface area contributed by atoms with Gasteiger partial charge in [0.15, 0.2) is 0 Å². The van der Waals surface area contributed by atoms with E-state index in [9.17, 15) is 9.59 Å². The number of primary amides is 1. The number of carbonyl (C=O) groups excluding carboxylic acids is 2. The third kappa shape index (κ3) is 3.20. The van der Waals surface area contributed by atoms with Gasteiger partial charge in [-0.1, -0.05) is 13.8 Å². The van der Waals surface area contributed by atoms with Crippen molar-refractivity contribution in [3.63, 3.8) is 0 Å². The Kier molecular flexibility index (Phi) is 4.06. The van der Waals surface area contributed by atoms with Gasteiger partial charge in [-0.15, -0.1) is 0 Å². The number of urea groups is 1. The highest BCUT2D eigenvalue weighted by Gasteiger charge is 2.21. The van der Waals surface area contributed by atoms with Crippen molar-refractivity contribution in [3.05, 3.63) is 0 Å². The maximum absolute atomic E-state index is 11.0.